The first-order valence-corrected chi connectivity index (χ1v) is 6.86. The van der Waals surface area contributed by atoms with Crippen LogP contribution in [0.15, 0.2) is 48.5 Å². The lowest BCUT2D eigenvalue weighted by Gasteiger charge is -2.05. The molecule has 0 radical (unpaired) electrons. The van der Waals surface area contributed by atoms with Crippen LogP contribution in [0.5, 0.6) is 0 Å². The van der Waals surface area contributed by atoms with E-state index < -0.39 is 6.09 Å². The molecule has 112 valence electrons. The Morgan fingerprint density at radius 3 is 1.76 bits per heavy atom. The number of carbonyl (C=O) groups excluding carboxylic acids is 1. The zero-order valence-corrected chi connectivity index (χ0v) is 12.6. The van der Waals surface area contributed by atoms with E-state index in [4.69, 9.17) is 0 Å². The molecule has 21 heavy (non-hydrogen) atoms. The monoisotopic (exact) mass is 286 g/mol. The molecule has 0 heterocycles. The van der Waals surface area contributed by atoms with Gasteiger partial charge in [0.25, 0.3) is 0 Å². The van der Waals surface area contributed by atoms with Crippen LogP contribution in [0.1, 0.15) is 22.3 Å². The predicted octanol–water partition coefficient (Wildman–Crippen LogP) is 1.16. The number of carbonyl (C=O) groups is 1. The second kappa shape index (κ2) is 8.76. The summed E-state index contributed by atoms with van der Waals surface area (Å²) < 4.78 is 0. The van der Waals surface area contributed by atoms with E-state index in [1.807, 2.05) is 31.2 Å². The van der Waals surface area contributed by atoms with Crippen molar-refractivity contribution in [3.8, 4) is 0 Å². The number of nitrogens with one attached hydrogen (secondary N) is 1. The van der Waals surface area contributed by atoms with E-state index in [0.29, 0.717) is 6.54 Å². The first-order chi connectivity index (χ1) is 10.0. The van der Waals surface area contributed by atoms with Crippen molar-refractivity contribution in [1.29, 1.82) is 0 Å². The topological polar surface area (TPSA) is 79.8 Å². The summed E-state index contributed by atoms with van der Waals surface area (Å²) in [5.74, 6) is 0. The van der Waals surface area contributed by atoms with Crippen LogP contribution in [-0.2, 0) is 13.1 Å². The van der Waals surface area contributed by atoms with Gasteiger partial charge in [-0.1, -0.05) is 59.7 Å². The van der Waals surface area contributed by atoms with Crippen molar-refractivity contribution in [3.05, 3.63) is 70.8 Å². The molecule has 2 aromatic rings. The van der Waals surface area contributed by atoms with Crippen LogP contribution in [0.3, 0.4) is 0 Å². The van der Waals surface area contributed by atoms with Gasteiger partial charge in [0.05, 0.1) is 6.54 Å². The van der Waals surface area contributed by atoms with Crippen molar-refractivity contribution >= 4 is 6.09 Å². The van der Waals surface area contributed by atoms with E-state index in [0.717, 1.165) is 17.7 Å². The summed E-state index contributed by atoms with van der Waals surface area (Å²) in [6.07, 6.45) is -1.24. The Balaban J connectivity index is 0.000000219. The second-order valence-corrected chi connectivity index (χ2v) is 4.86. The average Bonchev–Trinajstić information content (AvgIpc) is 2.48. The number of benzene rings is 2. The lowest BCUT2D eigenvalue weighted by Crippen LogP contribution is -2.47. The summed E-state index contributed by atoms with van der Waals surface area (Å²) in [5, 5.41) is 12.2. The second-order valence-electron chi connectivity index (χ2n) is 4.86. The molecule has 0 bridgehead atoms. The third-order valence-corrected chi connectivity index (χ3v) is 2.97. The quantitative estimate of drug-likeness (QED) is 0.888. The molecule has 4 heteroatoms. The minimum absolute atomic E-state index is 0.308. The van der Waals surface area contributed by atoms with Crippen molar-refractivity contribution < 1.29 is 15.6 Å². The summed E-state index contributed by atoms with van der Waals surface area (Å²) in [7, 11) is 0. The molecule has 0 saturated carbocycles. The molecular formula is C17H22N2O2. The first-order valence-electron chi connectivity index (χ1n) is 6.86. The van der Waals surface area contributed by atoms with Crippen LogP contribution in [0.2, 0.25) is 0 Å². The SMILES string of the molecule is Cc1ccc(CNC(=O)[O-])cc1.Cc1ccc(C[NH3+])cc1. The molecule has 0 saturated heterocycles. The summed E-state index contributed by atoms with van der Waals surface area (Å²) in [6.45, 7) is 5.27. The Hall–Kier alpha value is -2.33. The largest absolute Gasteiger partial charge is 0.530 e. The van der Waals surface area contributed by atoms with E-state index in [1.165, 1.54) is 11.1 Å². The Labute approximate surface area is 125 Å². The van der Waals surface area contributed by atoms with Crippen LogP contribution in [0, 0.1) is 13.8 Å². The minimum Gasteiger partial charge on any atom is -0.530 e. The molecule has 0 aromatic heterocycles. The standard InChI is InChI=1S/C9H11NO2.C8H11N/c1-7-2-4-8(5-3-7)6-10-9(11)12;1-7-2-4-8(6-9)5-3-7/h2-5,10H,6H2,1H3,(H,11,12);2-5H,6,9H2,1H3. The van der Waals surface area contributed by atoms with Gasteiger partial charge in [-0.25, -0.2) is 0 Å². The molecule has 2 rings (SSSR count). The number of quaternary nitrogens is 1. The average molecular weight is 286 g/mol. The van der Waals surface area contributed by atoms with Crippen LogP contribution in [0.4, 0.5) is 4.79 Å². The third-order valence-electron chi connectivity index (χ3n) is 2.97. The van der Waals surface area contributed by atoms with Crippen molar-refractivity contribution in [3.63, 3.8) is 0 Å². The number of amides is 1. The maximum Gasteiger partial charge on any atom is 0.134 e. The van der Waals surface area contributed by atoms with Crippen molar-refractivity contribution in [1.82, 2.24) is 5.32 Å². The molecule has 2 aromatic carbocycles. The molecule has 0 atom stereocenters. The summed E-state index contributed by atoms with van der Waals surface area (Å²) in [5.41, 5.74) is 8.50. The number of rotatable bonds is 3. The maximum atomic E-state index is 10.0. The van der Waals surface area contributed by atoms with E-state index >= 15 is 0 Å². The molecule has 0 spiro atoms. The minimum atomic E-state index is -1.24. The van der Waals surface area contributed by atoms with E-state index in [-0.39, 0.29) is 0 Å². The van der Waals surface area contributed by atoms with E-state index in [1.54, 1.807) is 0 Å². The zero-order valence-electron chi connectivity index (χ0n) is 12.6. The Kier molecular flexibility index (Phi) is 6.98. The fourth-order valence-corrected chi connectivity index (χ4v) is 1.63. The zero-order chi connectivity index (χ0) is 15.7. The molecule has 0 fully saturated rings. The maximum absolute atomic E-state index is 10.0. The van der Waals surface area contributed by atoms with Gasteiger partial charge in [-0.2, -0.15) is 0 Å². The normalized spacial score (nSPS) is 9.48. The number of hydrogen-bond acceptors (Lipinski definition) is 2. The van der Waals surface area contributed by atoms with Gasteiger partial charge in [-0.15, -0.1) is 0 Å². The molecule has 4 N–H and O–H groups in total. The summed E-state index contributed by atoms with van der Waals surface area (Å²) in [6, 6.07) is 16.1. The highest BCUT2D eigenvalue weighted by Crippen LogP contribution is 2.02. The highest BCUT2D eigenvalue weighted by Gasteiger charge is 1.90. The van der Waals surface area contributed by atoms with E-state index in [2.05, 4.69) is 42.2 Å². The predicted molar refractivity (Wildman–Crippen MR) is 81.2 cm³/mol. The first kappa shape index (κ1) is 16.7. The van der Waals surface area contributed by atoms with Gasteiger partial charge in [-0.3, -0.25) is 0 Å². The van der Waals surface area contributed by atoms with E-state index in [9.17, 15) is 9.90 Å². The fourth-order valence-electron chi connectivity index (χ4n) is 1.63. The van der Waals surface area contributed by atoms with Crippen LogP contribution in [-0.4, -0.2) is 6.09 Å². The summed E-state index contributed by atoms with van der Waals surface area (Å²) in [4.78, 5) is 10.0. The highest BCUT2D eigenvalue weighted by atomic mass is 16.4. The lowest BCUT2D eigenvalue weighted by molar-refractivity contribution is -0.386. The molecule has 4 nitrogen and oxygen atoms in total. The van der Waals surface area contributed by atoms with Gasteiger partial charge >= 0.3 is 0 Å². The Bertz CT molecular complexity index is 548. The van der Waals surface area contributed by atoms with Gasteiger partial charge in [0.2, 0.25) is 0 Å². The number of hydrogen-bond donors (Lipinski definition) is 2. The molecule has 0 unspecified atom stereocenters. The Morgan fingerprint density at radius 2 is 1.38 bits per heavy atom. The van der Waals surface area contributed by atoms with Crippen LogP contribution >= 0.6 is 0 Å². The van der Waals surface area contributed by atoms with Crippen molar-refractivity contribution in [2.24, 2.45) is 0 Å². The number of carboxylic acid groups (broad SMARTS) is 1. The van der Waals surface area contributed by atoms with Crippen LogP contribution in [0.25, 0.3) is 0 Å². The van der Waals surface area contributed by atoms with Crippen molar-refractivity contribution in [2.45, 2.75) is 26.9 Å². The van der Waals surface area contributed by atoms with Gasteiger partial charge < -0.3 is 21.0 Å². The molecule has 0 aliphatic heterocycles. The third kappa shape index (κ3) is 7.13. The number of aryl methyl sites for hydroxylation is 2. The lowest BCUT2D eigenvalue weighted by atomic mass is 10.1. The molecule has 1 amide bonds. The smallest absolute Gasteiger partial charge is 0.134 e. The van der Waals surface area contributed by atoms with Gasteiger partial charge in [0.15, 0.2) is 0 Å². The van der Waals surface area contributed by atoms with Gasteiger partial charge in [0.1, 0.15) is 6.09 Å². The Morgan fingerprint density at radius 1 is 0.952 bits per heavy atom. The summed E-state index contributed by atoms with van der Waals surface area (Å²) >= 11 is 0. The van der Waals surface area contributed by atoms with Crippen molar-refractivity contribution in [2.75, 3.05) is 0 Å². The van der Waals surface area contributed by atoms with Gasteiger partial charge in [0, 0.05) is 12.1 Å². The van der Waals surface area contributed by atoms with Gasteiger partial charge in [-0.05, 0) is 19.4 Å². The molecule has 0 aliphatic carbocycles. The molecular weight excluding hydrogens is 264 g/mol. The fraction of sp³-hybridized carbons (Fsp3) is 0.235. The molecule has 0 aliphatic rings. The van der Waals surface area contributed by atoms with Crippen LogP contribution < -0.4 is 16.2 Å². The highest BCUT2D eigenvalue weighted by molar-refractivity contribution is 5.61.